The summed E-state index contributed by atoms with van der Waals surface area (Å²) < 4.78 is 0. The van der Waals surface area contributed by atoms with Gasteiger partial charge in [-0.05, 0) is 18.7 Å². The van der Waals surface area contributed by atoms with Crippen LogP contribution in [0, 0.1) is 0 Å². The fraction of sp³-hybridized carbons (Fsp3) is 0.222. The maximum atomic E-state index is 11.9. The summed E-state index contributed by atoms with van der Waals surface area (Å²) in [5.41, 5.74) is 4.90. The van der Waals surface area contributed by atoms with Crippen molar-refractivity contribution in [3.05, 3.63) is 53.6 Å². The first-order valence-corrected chi connectivity index (χ1v) is 7.23. The first kappa shape index (κ1) is 13.7. The molecular formula is C18H18N2O. The minimum absolute atomic E-state index is 0.148. The highest BCUT2D eigenvalue weighted by Gasteiger charge is 2.14. The van der Waals surface area contributed by atoms with E-state index in [0.29, 0.717) is 6.42 Å². The molecule has 2 aliphatic rings. The fourth-order valence-electron chi connectivity index (χ4n) is 2.70. The summed E-state index contributed by atoms with van der Waals surface area (Å²) >= 11 is 0. The number of carbonyl (C=O) groups is 1. The predicted octanol–water partition coefficient (Wildman–Crippen LogP) is 3.65. The third-order valence-corrected chi connectivity index (χ3v) is 3.76. The predicted molar refractivity (Wildman–Crippen MR) is 85.8 cm³/mol. The number of carbonyl (C=O) groups excluding carboxylic acids is 1. The Morgan fingerprint density at radius 2 is 2.00 bits per heavy atom. The van der Waals surface area contributed by atoms with Crippen molar-refractivity contribution in [2.45, 2.75) is 19.9 Å². The second-order valence-corrected chi connectivity index (χ2v) is 5.16. The zero-order valence-corrected chi connectivity index (χ0v) is 12.3. The number of rotatable bonds is 4. The molecule has 0 amide bonds. The van der Waals surface area contributed by atoms with Gasteiger partial charge in [-0.3, -0.25) is 4.79 Å². The van der Waals surface area contributed by atoms with Crippen molar-refractivity contribution in [1.29, 1.82) is 0 Å². The van der Waals surface area contributed by atoms with E-state index in [-0.39, 0.29) is 5.78 Å². The molecule has 1 aromatic rings. The van der Waals surface area contributed by atoms with Crippen molar-refractivity contribution in [2.75, 3.05) is 7.05 Å². The summed E-state index contributed by atoms with van der Waals surface area (Å²) in [7, 11) is 1.93. The highest BCUT2D eigenvalue weighted by molar-refractivity contribution is 6.01. The van der Waals surface area contributed by atoms with Gasteiger partial charge in [0.2, 0.25) is 0 Å². The molecule has 0 atom stereocenters. The molecule has 0 bridgehead atoms. The van der Waals surface area contributed by atoms with Gasteiger partial charge in [-0.25, -0.2) is 4.98 Å². The van der Waals surface area contributed by atoms with E-state index in [9.17, 15) is 4.79 Å². The lowest BCUT2D eigenvalue weighted by Crippen LogP contribution is -2.05. The van der Waals surface area contributed by atoms with E-state index in [1.165, 1.54) is 5.56 Å². The maximum Gasteiger partial charge on any atom is 0.162 e. The number of ketones is 1. The van der Waals surface area contributed by atoms with Crippen LogP contribution in [0.4, 0.5) is 0 Å². The van der Waals surface area contributed by atoms with E-state index in [1.807, 2.05) is 38.2 Å². The average Bonchev–Trinajstić information content (AvgIpc) is 2.71. The van der Waals surface area contributed by atoms with Crippen LogP contribution in [0.5, 0.6) is 0 Å². The first-order valence-electron chi connectivity index (χ1n) is 7.23. The zero-order chi connectivity index (χ0) is 14.8. The van der Waals surface area contributed by atoms with E-state index in [2.05, 4.69) is 23.5 Å². The van der Waals surface area contributed by atoms with Crippen LogP contribution in [-0.4, -0.2) is 17.8 Å². The van der Waals surface area contributed by atoms with Crippen LogP contribution in [0.25, 0.3) is 22.2 Å². The van der Waals surface area contributed by atoms with Crippen LogP contribution in [0.2, 0.25) is 0 Å². The third kappa shape index (κ3) is 2.41. The highest BCUT2D eigenvalue weighted by Crippen LogP contribution is 2.32. The molecular weight excluding hydrogens is 260 g/mol. The molecule has 1 heterocycles. The van der Waals surface area contributed by atoms with Crippen molar-refractivity contribution >= 4 is 16.7 Å². The van der Waals surface area contributed by atoms with Gasteiger partial charge < -0.3 is 5.32 Å². The molecule has 106 valence electrons. The second-order valence-electron chi connectivity index (χ2n) is 5.16. The Labute approximate surface area is 124 Å². The molecule has 0 saturated carbocycles. The molecule has 21 heavy (non-hydrogen) atoms. The topological polar surface area (TPSA) is 42.0 Å². The van der Waals surface area contributed by atoms with Crippen LogP contribution in [-0.2, 0) is 6.54 Å². The van der Waals surface area contributed by atoms with Gasteiger partial charge in [0, 0.05) is 29.5 Å². The van der Waals surface area contributed by atoms with Gasteiger partial charge in [-0.15, -0.1) is 0 Å². The molecule has 3 rings (SSSR count). The van der Waals surface area contributed by atoms with Gasteiger partial charge in [-0.1, -0.05) is 43.3 Å². The fourth-order valence-corrected chi connectivity index (χ4v) is 2.70. The molecule has 0 aromatic heterocycles. The minimum atomic E-state index is 0.148. The van der Waals surface area contributed by atoms with Crippen molar-refractivity contribution in [3.8, 4) is 11.3 Å². The average molecular weight is 278 g/mol. The normalized spacial score (nSPS) is 11.1. The van der Waals surface area contributed by atoms with E-state index < -0.39 is 0 Å². The minimum Gasteiger partial charge on any atom is -0.316 e. The summed E-state index contributed by atoms with van der Waals surface area (Å²) in [4.78, 5) is 16.7. The molecule has 3 heteroatoms. The largest absolute Gasteiger partial charge is 0.316 e. The molecule has 0 fully saturated rings. The molecule has 0 unspecified atom stereocenters. The second kappa shape index (κ2) is 5.62. The molecule has 1 aliphatic heterocycles. The Balaban J connectivity index is 2.25. The number of fused-ring (bicyclic) bond motifs is 3. The Morgan fingerprint density at radius 1 is 1.19 bits per heavy atom. The Kier molecular flexibility index (Phi) is 3.67. The number of nitrogens with one attached hydrogen (secondary N) is 1. The SMILES string of the molecule is CCC(=O)c1cccc2c3cccc(CNC)c3nc-2c1. The summed E-state index contributed by atoms with van der Waals surface area (Å²) in [5.74, 6) is 0.148. The van der Waals surface area contributed by atoms with E-state index in [0.717, 1.165) is 34.3 Å². The Hall–Kier alpha value is -2.26. The smallest absolute Gasteiger partial charge is 0.162 e. The monoisotopic (exact) mass is 278 g/mol. The van der Waals surface area contributed by atoms with Crippen molar-refractivity contribution in [2.24, 2.45) is 0 Å². The summed E-state index contributed by atoms with van der Waals surface area (Å²) in [6, 6.07) is 14.0. The lowest BCUT2D eigenvalue weighted by Gasteiger charge is -2.00. The number of hydrogen-bond donors (Lipinski definition) is 1. The summed E-state index contributed by atoms with van der Waals surface area (Å²) in [6.07, 6.45) is 0.511. The van der Waals surface area contributed by atoms with Gasteiger partial charge in [0.15, 0.2) is 5.78 Å². The number of aromatic nitrogens is 1. The molecule has 0 saturated heterocycles. The van der Waals surface area contributed by atoms with Gasteiger partial charge in [0.25, 0.3) is 0 Å². The van der Waals surface area contributed by atoms with Crippen molar-refractivity contribution in [3.63, 3.8) is 0 Å². The van der Waals surface area contributed by atoms with Gasteiger partial charge in [0.1, 0.15) is 0 Å². The number of nitrogens with zero attached hydrogens (tertiary/aromatic N) is 1. The number of hydrogen-bond acceptors (Lipinski definition) is 3. The Bertz CT molecular complexity index is 779. The van der Waals surface area contributed by atoms with Gasteiger partial charge in [0.05, 0.1) is 11.2 Å². The van der Waals surface area contributed by atoms with Crippen LogP contribution in [0.3, 0.4) is 0 Å². The number of para-hydroxylation sites is 1. The number of benzene rings is 1. The van der Waals surface area contributed by atoms with Crippen LogP contribution >= 0.6 is 0 Å². The molecule has 0 spiro atoms. The van der Waals surface area contributed by atoms with Crippen LogP contribution in [0.15, 0.2) is 42.5 Å². The first-order chi connectivity index (χ1) is 10.2. The summed E-state index contributed by atoms with van der Waals surface area (Å²) in [6.45, 7) is 2.67. The van der Waals surface area contributed by atoms with E-state index in [1.54, 1.807) is 0 Å². The lowest BCUT2D eigenvalue weighted by molar-refractivity contribution is 0.0988. The third-order valence-electron chi connectivity index (χ3n) is 3.76. The molecule has 0 radical (unpaired) electrons. The number of Topliss-reactive ketones (excluding diaryl/α,β-unsaturated/α-hetero) is 1. The standard InChI is InChI=1S/C18H18N2O/c1-3-17(21)12-6-4-8-14-15-9-5-7-13(11-19-2)18(15)20-16(14)10-12/h4-10,19H,3,11H2,1-2H3. The van der Waals surface area contributed by atoms with Crippen molar-refractivity contribution in [1.82, 2.24) is 10.3 Å². The van der Waals surface area contributed by atoms with Crippen molar-refractivity contribution < 1.29 is 4.79 Å². The van der Waals surface area contributed by atoms with Gasteiger partial charge in [-0.2, -0.15) is 0 Å². The summed E-state index contributed by atoms with van der Waals surface area (Å²) in [5, 5.41) is 4.31. The quantitative estimate of drug-likeness (QED) is 0.741. The van der Waals surface area contributed by atoms with Gasteiger partial charge >= 0.3 is 0 Å². The highest BCUT2D eigenvalue weighted by atomic mass is 16.1. The maximum absolute atomic E-state index is 11.9. The zero-order valence-electron chi connectivity index (χ0n) is 12.3. The lowest BCUT2D eigenvalue weighted by atomic mass is 10.1. The van der Waals surface area contributed by atoms with E-state index >= 15 is 0 Å². The van der Waals surface area contributed by atoms with E-state index in [4.69, 9.17) is 4.98 Å². The molecule has 1 aliphatic carbocycles. The molecule has 3 nitrogen and oxygen atoms in total. The van der Waals surface area contributed by atoms with Crippen LogP contribution in [0.1, 0.15) is 29.3 Å². The Morgan fingerprint density at radius 3 is 2.76 bits per heavy atom. The van der Waals surface area contributed by atoms with Crippen LogP contribution < -0.4 is 5.32 Å². The molecule has 1 aromatic carbocycles. The molecule has 1 N–H and O–H groups in total.